The maximum atomic E-state index is 11.3. The van der Waals surface area contributed by atoms with Crippen LogP contribution in [0.5, 0.6) is 5.75 Å². The molecule has 0 aromatic heterocycles. The Hall–Kier alpha value is -2.34. The van der Waals surface area contributed by atoms with Gasteiger partial charge in [-0.05, 0) is 24.6 Å². The second kappa shape index (κ2) is 5.83. The molecule has 2 amide bonds. The van der Waals surface area contributed by atoms with Gasteiger partial charge >= 0.3 is 0 Å². The van der Waals surface area contributed by atoms with Gasteiger partial charge in [0.1, 0.15) is 5.75 Å². The first-order chi connectivity index (χ1) is 8.45. The van der Waals surface area contributed by atoms with Gasteiger partial charge in [-0.15, -0.1) is 0 Å². The van der Waals surface area contributed by atoms with E-state index in [1.807, 2.05) is 0 Å². The van der Waals surface area contributed by atoms with E-state index in [2.05, 4.69) is 11.9 Å². The number of nitrogens with one attached hydrogen (secondary N) is 2. The molecule has 0 unspecified atom stereocenters. The molecule has 1 aromatic carbocycles. The Labute approximate surface area is 104 Å². The molecule has 0 radical (unpaired) electrons. The number of benzene rings is 1. The summed E-state index contributed by atoms with van der Waals surface area (Å²) in [5.41, 5.74) is 2.38. The quantitative estimate of drug-likeness (QED) is 0.359. The van der Waals surface area contributed by atoms with Gasteiger partial charge in [0, 0.05) is 12.1 Å². The normalized spacial score (nSPS) is 9.67. The summed E-state index contributed by atoms with van der Waals surface area (Å²) in [6.45, 7) is 5.28. The summed E-state index contributed by atoms with van der Waals surface area (Å²) in [6, 6.07) is 4.25. The highest BCUT2D eigenvalue weighted by Crippen LogP contribution is 2.18. The Bertz CT molecular complexity index is 497. The first kappa shape index (κ1) is 13.7. The van der Waals surface area contributed by atoms with E-state index < -0.39 is 5.91 Å². The molecule has 6 nitrogen and oxygen atoms in total. The van der Waals surface area contributed by atoms with Crippen LogP contribution in [-0.2, 0) is 11.3 Å². The van der Waals surface area contributed by atoms with Crippen molar-refractivity contribution in [1.29, 1.82) is 0 Å². The van der Waals surface area contributed by atoms with Crippen molar-refractivity contribution in [3.05, 3.63) is 41.5 Å². The van der Waals surface area contributed by atoms with Gasteiger partial charge in [0.25, 0.3) is 5.91 Å². The SMILES string of the molecule is C=C(C)C(=O)NCc1ccc(C(=O)NO)c(O)c1. The fraction of sp³-hybridized carbons (Fsp3) is 0.167. The molecular weight excluding hydrogens is 236 g/mol. The minimum Gasteiger partial charge on any atom is -0.507 e. The summed E-state index contributed by atoms with van der Waals surface area (Å²) in [7, 11) is 0. The van der Waals surface area contributed by atoms with Crippen LogP contribution in [0.2, 0.25) is 0 Å². The molecular formula is C12H14N2O4. The Morgan fingerprint density at radius 2 is 2.06 bits per heavy atom. The summed E-state index contributed by atoms with van der Waals surface area (Å²) in [5, 5.41) is 20.6. The lowest BCUT2D eigenvalue weighted by molar-refractivity contribution is -0.117. The molecule has 4 N–H and O–H groups in total. The van der Waals surface area contributed by atoms with Crippen LogP contribution in [0, 0.1) is 0 Å². The molecule has 0 aliphatic rings. The third-order valence-corrected chi connectivity index (χ3v) is 2.25. The van der Waals surface area contributed by atoms with Crippen LogP contribution in [0.25, 0.3) is 0 Å². The largest absolute Gasteiger partial charge is 0.507 e. The van der Waals surface area contributed by atoms with Crippen LogP contribution in [0.15, 0.2) is 30.4 Å². The lowest BCUT2D eigenvalue weighted by atomic mass is 10.1. The lowest BCUT2D eigenvalue weighted by Crippen LogP contribution is -2.23. The van der Waals surface area contributed by atoms with Crippen LogP contribution in [0.4, 0.5) is 0 Å². The minimum absolute atomic E-state index is 0.0486. The second-order valence-electron chi connectivity index (χ2n) is 3.76. The zero-order valence-corrected chi connectivity index (χ0v) is 9.86. The van der Waals surface area contributed by atoms with E-state index in [0.29, 0.717) is 11.1 Å². The summed E-state index contributed by atoms with van der Waals surface area (Å²) >= 11 is 0. The number of phenolic OH excluding ortho intramolecular Hbond substituents is 1. The third kappa shape index (κ3) is 3.33. The van der Waals surface area contributed by atoms with E-state index in [0.717, 1.165) is 0 Å². The Balaban J connectivity index is 2.76. The zero-order chi connectivity index (χ0) is 13.7. The number of amides is 2. The standard InChI is InChI=1S/C12H14N2O4/c1-7(2)11(16)13-6-8-3-4-9(10(15)5-8)12(17)14-18/h3-5,15,18H,1,6H2,2H3,(H,13,16)(H,14,17). The summed E-state index contributed by atoms with van der Waals surface area (Å²) < 4.78 is 0. The number of aromatic hydroxyl groups is 1. The molecule has 18 heavy (non-hydrogen) atoms. The van der Waals surface area contributed by atoms with Gasteiger partial charge in [0.05, 0.1) is 5.56 Å². The Morgan fingerprint density at radius 3 is 2.56 bits per heavy atom. The van der Waals surface area contributed by atoms with Gasteiger partial charge in [-0.25, -0.2) is 5.48 Å². The second-order valence-corrected chi connectivity index (χ2v) is 3.76. The number of phenols is 1. The molecule has 0 spiro atoms. The number of carbonyl (C=O) groups is 2. The Kier molecular flexibility index (Phi) is 4.45. The van der Waals surface area contributed by atoms with Crippen LogP contribution in [0.3, 0.4) is 0 Å². The monoisotopic (exact) mass is 250 g/mol. The number of carbonyl (C=O) groups excluding carboxylic acids is 2. The molecule has 0 aliphatic heterocycles. The van der Waals surface area contributed by atoms with Crippen molar-refractivity contribution in [2.24, 2.45) is 0 Å². The maximum absolute atomic E-state index is 11.3. The fourth-order valence-electron chi connectivity index (χ4n) is 1.27. The van der Waals surface area contributed by atoms with Crippen LogP contribution >= 0.6 is 0 Å². The molecule has 1 rings (SSSR count). The van der Waals surface area contributed by atoms with Gasteiger partial charge in [-0.1, -0.05) is 12.6 Å². The van der Waals surface area contributed by atoms with Gasteiger partial charge in [-0.3, -0.25) is 14.8 Å². The number of rotatable bonds is 4. The summed E-state index contributed by atoms with van der Waals surface area (Å²) in [5.74, 6) is -1.36. The maximum Gasteiger partial charge on any atom is 0.278 e. The summed E-state index contributed by atoms with van der Waals surface area (Å²) in [4.78, 5) is 22.4. The smallest absolute Gasteiger partial charge is 0.278 e. The highest BCUT2D eigenvalue weighted by molar-refractivity contribution is 5.96. The van der Waals surface area contributed by atoms with Gasteiger partial charge < -0.3 is 10.4 Å². The van der Waals surface area contributed by atoms with Crippen molar-refractivity contribution in [3.8, 4) is 5.75 Å². The topological polar surface area (TPSA) is 98.7 Å². The van der Waals surface area contributed by atoms with E-state index >= 15 is 0 Å². The zero-order valence-electron chi connectivity index (χ0n) is 9.86. The van der Waals surface area contributed by atoms with Crippen LogP contribution in [0.1, 0.15) is 22.8 Å². The highest BCUT2D eigenvalue weighted by Gasteiger charge is 2.10. The molecule has 96 valence electrons. The van der Waals surface area contributed by atoms with Crippen molar-refractivity contribution in [1.82, 2.24) is 10.8 Å². The van der Waals surface area contributed by atoms with Gasteiger partial charge in [-0.2, -0.15) is 0 Å². The third-order valence-electron chi connectivity index (χ3n) is 2.25. The molecule has 0 heterocycles. The minimum atomic E-state index is -0.801. The van der Waals surface area contributed by atoms with Crippen molar-refractivity contribution in [3.63, 3.8) is 0 Å². The van der Waals surface area contributed by atoms with Crippen molar-refractivity contribution in [2.75, 3.05) is 0 Å². The molecule has 1 aromatic rings. The van der Waals surface area contributed by atoms with E-state index in [1.54, 1.807) is 13.0 Å². The molecule has 6 heteroatoms. The highest BCUT2D eigenvalue weighted by atomic mass is 16.5. The van der Waals surface area contributed by atoms with Gasteiger partial charge in [0.15, 0.2) is 0 Å². The fourth-order valence-corrected chi connectivity index (χ4v) is 1.27. The first-order valence-corrected chi connectivity index (χ1v) is 5.15. The molecule has 0 saturated carbocycles. The van der Waals surface area contributed by atoms with E-state index in [4.69, 9.17) is 5.21 Å². The molecule has 0 aliphatic carbocycles. The van der Waals surface area contributed by atoms with Crippen molar-refractivity contribution >= 4 is 11.8 Å². The number of hydrogen-bond donors (Lipinski definition) is 4. The molecule has 0 fully saturated rings. The number of hydrogen-bond acceptors (Lipinski definition) is 4. The van der Waals surface area contributed by atoms with Crippen molar-refractivity contribution < 1.29 is 19.9 Å². The van der Waals surface area contributed by atoms with Crippen LogP contribution in [-0.4, -0.2) is 22.1 Å². The average molecular weight is 250 g/mol. The molecule has 0 bridgehead atoms. The lowest BCUT2D eigenvalue weighted by Gasteiger charge is -2.07. The predicted octanol–water partition coefficient (Wildman–Crippen LogP) is 0.704. The molecule has 0 saturated heterocycles. The predicted molar refractivity (Wildman–Crippen MR) is 64.0 cm³/mol. The van der Waals surface area contributed by atoms with Crippen molar-refractivity contribution in [2.45, 2.75) is 13.5 Å². The van der Waals surface area contributed by atoms with E-state index in [-0.39, 0.29) is 23.8 Å². The number of hydroxylamine groups is 1. The van der Waals surface area contributed by atoms with Gasteiger partial charge in [0.2, 0.25) is 5.91 Å². The van der Waals surface area contributed by atoms with E-state index in [1.165, 1.54) is 17.6 Å². The molecule has 0 atom stereocenters. The first-order valence-electron chi connectivity index (χ1n) is 5.15. The Morgan fingerprint density at radius 1 is 1.39 bits per heavy atom. The average Bonchev–Trinajstić information content (AvgIpc) is 2.34. The van der Waals surface area contributed by atoms with Crippen LogP contribution < -0.4 is 10.8 Å². The summed E-state index contributed by atoms with van der Waals surface area (Å²) in [6.07, 6.45) is 0. The van der Waals surface area contributed by atoms with E-state index in [9.17, 15) is 14.7 Å².